The summed E-state index contributed by atoms with van der Waals surface area (Å²) >= 11 is 0. The number of rotatable bonds is 7. The van der Waals surface area contributed by atoms with Crippen molar-refractivity contribution in [3.05, 3.63) is 132 Å². The number of ether oxygens (including phenoxy) is 1. The largest absolute Gasteiger partial charge is 2.00 e. The van der Waals surface area contributed by atoms with Crippen LogP contribution in [0.15, 0.2) is 97.2 Å². The minimum atomic E-state index is 0. The van der Waals surface area contributed by atoms with Gasteiger partial charge in [-0.25, -0.2) is 4.98 Å². The Balaban J connectivity index is 0.00000401. The second-order valence-corrected chi connectivity index (χ2v) is 13.9. The zero-order valence-corrected chi connectivity index (χ0v) is 30.8. The SMILES string of the molecule is Cc1nn(-c2[c-]c(Oc3[c-]c4c(cc3)c3cc(CC(C)(C)C)ccc3n4-c3cc(C(C)C)ccn3)ccc2)c(C)c1-c1ccccc1.[Pt+2]. The molecule has 0 bridgehead atoms. The molecular formula is C42H40N4OPt. The topological polar surface area (TPSA) is 44.9 Å². The normalized spacial score (nSPS) is 11.8. The molecule has 3 heterocycles. The van der Waals surface area contributed by atoms with Crippen molar-refractivity contribution in [1.29, 1.82) is 0 Å². The number of fused-ring (bicyclic) bond motifs is 3. The summed E-state index contributed by atoms with van der Waals surface area (Å²) in [4.78, 5) is 4.83. The molecule has 0 aliphatic rings. The number of nitrogens with zero attached hydrogens (tertiary/aromatic N) is 4. The fourth-order valence-corrected chi connectivity index (χ4v) is 6.54. The molecule has 7 rings (SSSR count). The van der Waals surface area contributed by atoms with Crippen LogP contribution in [0.5, 0.6) is 11.5 Å². The van der Waals surface area contributed by atoms with Crippen molar-refractivity contribution in [2.24, 2.45) is 5.41 Å². The van der Waals surface area contributed by atoms with E-state index in [4.69, 9.17) is 14.8 Å². The first-order chi connectivity index (χ1) is 22.6. The van der Waals surface area contributed by atoms with Gasteiger partial charge in [0.05, 0.1) is 5.69 Å². The molecule has 0 amide bonds. The Morgan fingerprint density at radius 1 is 0.812 bits per heavy atom. The standard InChI is InChI=1S/C42H40N4O.Pt/c1-27(2)32-20-21-43-40(23-32)45-38-19-16-30(26-42(5,6)7)22-37(38)36-18-17-35(25-39(36)45)47-34-15-11-14-33(24-34)46-29(4)41(28(3)44-46)31-12-9-8-10-13-31;/h8-23,27H,26H2,1-7H3;/q-2;+2. The summed E-state index contributed by atoms with van der Waals surface area (Å²) in [5, 5.41) is 7.18. The maximum atomic E-state index is 6.46. The van der Waals surface area contributed by atoms with Crippen LogP contribution >= 0.6 is 0 Å². The van der Waals surface area contributed by atoms with E-state index < -0.39 is 0 Å². The first-order valence-corrected chi connectivity index (χ1v) is 16.3. The van der Waals surface area contributed by atoms with Crippen molar-refractivity contribution in [3.63, 3.8) is 0 Å². The van der Waals surface area contributed by atoms with Gasteiger partial charge in [0.25, 0.3) is 0 Å². The van der Waals surface area contributed by atoms with E-state index in [1.54, 1.807) is 0 Å². The van der Waals surface area contributed by atoms with Gasteiger partial charge in [0.2, 0.25) is 0 Å². The van der Waals surface area contributed by atoms with E-state index in [0.29, 0.717) is 17.4 Å². The van der Waals surface area contributed by atoms with Crippen LogP contribution in [0.25, 0.3) is 44.4 Å². The van der Waals surface area contributed by atoms with E-state index >= 15 is 0 Å². The predicted molar refractivity (Wildman–Crippen MR) is 192 cm³/mol. The Bertz CT molecular complexity index is 2240. The van der Waals surface area contributed by atoms with Crippen LogP contribution in [0.2, 0.25) is 0 Å². The average molecular weight is 812 g/mol. The van der Waals surface area contributed by atoms with Crippen molar-refractivity contribution in [2.45, 2.75) is 60.8 Å². The summed E-state index contributed by atoms with van der Waals surface area (Å²) in [6.45, 7) is 15.4. The molecule has 6 heteroatoms. The van der Waals surface area contributed by atoms with E-state index in [9.17, 15) is 0 Å². The molecule has 0 aliphatic heterocycles. The molecule has 7 aromatic rings. The van der Waals surface area contributed by atoms with Crippen molar-refractivity contribution in [2.75, 3.05) is 0 Å². The fraction of sp³-hybridized carbons (Fsp3) is 0.238. The first kappa shape index (κ1) is 33.4. The number of hydrogen-bond acceptors (Lipinski definition) is 3. The second-order valence-electron chi connectivity index (χ2n) is 13.9. The van der Waals surface area contributed by atoms with Gasteiger partial charge in [0.15, 0.2) is 0 Å². The zero-order chi connectivity index (χ0) is 32.9. The number of benzene rings is 4. The van der Waals surface area contributed by atoms with Crippen LogP contribution < -0.4 is 4.74 Å². The molecule has 0 aliphatic carbocycles. The van der Waals surface area contributed by atoms with E-state index in [-0.39, 0.29) is 26.5 Å². The summed E-state index contributed by atoms with van der Waals surface area (Å²) in [6, 6.07) is 38.6. The summed E-state index contributed by atoms with van der Waals surface area (Å²) in [5.74, 6) is 2.48. The van der Waals surface area contributed by atoms with Gasteiger partial charge in [-0.2, -0.15) is 17.2 Å². The Kier molecular flexibility index (Phi) is 9.20. The zero-order valence-electron chi connectivity index (χ0n) is 28.5. The van der Waals surface area contributed by atoms with Crippen LogP contribution in [-0.4, -0.2) is 19.3 Å². The van der Waals surface area contributed by atoms with Crippen molar-refractivity contribution >= 4 is 21.8 Å². The molecule has 0 fully saturated rings. The van der Waals surface area contributed by atoms with Crippen LogP contribution in [-0.2, 0) is 27.5 Å². The summed E-state index contributed by atoms with van der Waals surface area (Å²) < 4.78 is 10.6. The summed E-state index contributed by atoms with van der Waals surface area (Å²) in [6.07, 6.45) is 2.90. The molecular weight excluding hydrogens is 772 g/mol. The molecule has 0 spiro atoms. The molecule has 0 atom stereocenters. The van der Waals surface area contributed by atoms with E-state index in [2.05, 4.69) is 119 Å². The summed E-state index contributed by atoms with van der Waals surface area (Å²) in [5.41, 5.74) is 9.92. The molecule has 0 unspecified atom stereocenters. The molecule has 0 saturated heterocycles. The number of pyridine rings is 1. The van der Waals surface area contributed by atoms with Crippen LogP contribution in [0.3, 0.4) is 0 Å². The quantitative estimate of drug-likeness (QED) is 0.151. The van der Waals surface area contributed by atoms with Crippen molar-refractivity contribution in [3.8, 4) is 34.1 Å². The minimum absolute atomic E-state index is 0. The molecule has 244 valence electrons. The third-order valence-electron chi connectivity index (χ3n) is 8.67. The third-order valence-corrected chi connectivity index (χ3v) is 8.67. The van der Waals surface area contributed by atoms with Gasteiger partial charge < -0.3 is 9.30 Å². The minimum Gasteiger partial charge on any atom is -0.509 e. The van der Waals surface area contributed by atoms with Gasteiger partial charge in [-0.1, -0.05) is 82.6 Å². The Morgan fingerprint density at radius 3 is 2.33 bits per heavy atom. The molecule has 0 radical (unpaired) electrons. The molecule has 0 saturated carbocycles. The molecule has 3 aromatic heterocycles. The number of aryl methyl sites for hydroxylation is 1. The van der Waals surface area contributed by atoms with E-state index in [1.807, 2.05) is 48.1 Å². The van der Waals surface area contributed by atoms with Gasteiger partial charge in [0, 0.05) is 34.5 Å². The van der Waals surface area contributed by atoms with E-state index in [0.717, 1.165) is 56.9 Å². The van der Waals surface area contributed by atoms with Gasteiger partial charge in [-0.15, -0.1) is 35.7 Å². The van der Waals surface area contributed by atoms with Gasteiger partial charge in [-0.3, -0.25) is 4.68 Å². The summed E-state index contributed by atoms with van der Waals surface area (Å²) in [7, 11) is 0. The molecule has 0 N–H and O–H groups in total. The second kappa shape index (κ2) is 13.2. The number of aromatic nitrogens is 4. The van der Waals surface area contributed by atoms with Gasteiger partial charge in [0.1, 0.15) is 5.82 Å². The molecule has 48 heavy (non-hydrogen) atoms. The predicted octanol–water partition coefficient (Wildman–Crippen LogP) is 10.8. The maximum Gasteiger partial charge on any atom is 2.00 e. The van der Waals surface area contributed by atoms with Gasteiger partial charge >= 0.3 is 21.1 Å². The smallest absolute Gasteiger partial charge is 0.509 e. The molecule has 4 aromatic carbocycles. The molecule has 5 nitrogen and oxygen atoms in total. The number of hydrogen-bond donors (Lipinski definition) is 0. The fourth-order valence-electron chi connectivity index (χ4n) is 6.54. The maximum absolute atomic E-state index is 6.46. The Hall–Kier alpha value is -4.47. The Labute approximate surface area is 297 Å². The third kappa shape index (κ3) is 6.49. The first-order valence-electron chi connectivity index (χ1n) is 16.3. The van der Waals surface area contributed by atoms with Crippen LogP contribution in [0.4, 0.5) is 0 Å². The van der Waals surface area contributed by atoms with Gasteiger partial charge in [-0.05, 0) is 77.6 Å². The monoisotopic (exact) mass is 811 g/mol. The van der Waals surface area contributed by atoms with Crippen LogP contribution in [0.1, 0.15) is 63.1 Å². The Morgan fingerprint density at radius 2 is 1.58 bits per heavy atom. The van der Waals surface area contributed by atoms with Crippen molar-refractivity contribution in [1.82, 2.24) is 19.3 Å². The average Bonchev–Trinajstić information content (AvgIpc) is 3.53. The van der Waals surface area contributed by atoms with Crippen LogP contribution in [0, 0.1) is 31.4 Å². The van der Waals surface area contributed by atoms with E-state index in [1.165, 1.54) is 16.5 Å². The van der Waals surface area contributed by atoms with Crippen molar-refractivity contribution < 1.29 is 25.8 Å².